The Morgan fingerprint density at radius 2 is 1.19 bits per heavy atom. The smallest absolute Gasteiger partial charge is 0.410 e. The Morgan fingerprint density at radius 1 is 0.738 bits per heavy atom. The summed E-state index contributed by atoms with van der Waals surface area (Å²) < 4.78 is 49.7. The van der Waals surface area contributed by atoms with Crippen LogP contribution in [0.1, 0.15) is 33.6 Å². The number of ether oxygens (including phenoxy) is 9. The lowest BCUT2D eigenvalue weighted by Gasteiger charge is -2.33. The van der Waals surface area contributed by atoms with Gasteiger partial charge >= 0.3 is 6.09 Å². The van der Waals surface area contributed by atoms with Gasteiger partial charge in [-0.15, -0.1) is 0 Å². The maximum absolute atomic E-state index is 12.1. The fraction of sp³-hybridized carbons (Fsp3) is 0.767. The van der Waals surface area contributed by atoms with Crippen molar-refractivity contribution in [1.82, 2.24) is 4.90 Å². The molecule has 1 heterocycles. The van der Waals surface area contributed by atoms with Crippen LogP contribution in [0, 0.1) is 0 Å². The highest BCUT2D eigenvalue weighted by Gasteiger charge is 2.27. The van der Waals surface area contributed by atoms with E-state index in [0.29, 0.717) is 111 Å². The normalized spacial score (nSPS) is 14.3. The van der Waals surface area contributed by atoms with Crippen LogP contribution in [0.25, 0.3) is 0 Å². The van der Waals surface area contributed by atoms with Crippen LogP contribution in [-0.2, 0) is 37.9 Å². The van der Waals surface area contributed by atoms with Gasteiger partial charge in [0.1, 0.15) is 23.7 Å². The summed E-state index contributed by atoms with van der Waals surface area (Å²) in [6.07, 6.45) is 1.50. The van der Waals surface area contributed by atoms with Crippen molar-refractivity contribution in [2.45, 2.75) is 45.3 Å². The monoisotopic (exact) mass is 601 g/mol. The molecule has 0 radical (unpaired) electrons. The highest BCUT2D eigenvalue weighted by Crippen LogP contribution is 2.18. The first-order valence-electron chi connectivity index (χ1n) is 14.8. The third-order valence-corrected chi connectivity index (χ3v) is 5.85. The lowest BCUT2D eigenvalue weighted by atomic mass is 10.1. The van der Waals surface area contributed by atoms with E-state index in [0.717, 1.165) is 12.8 Å². The number of aromatic hydroxyl groups is 1. The van der Waals surface area contributed by atoms with Crippen molar-refractivity contribution in [3.63, 3.8) is 0 Å². The number of rotatable bonds is 23. The Bertz CT molecular complexity index is 813. The van der Waals surface area contributed by atoms with Crippen LogP contribution in [-0.4, -0.2) is 133 Å². The highest BCUT2D eigenvalue weighted by atomic mass is 16.6. The molecule has 1 aromatic rings. The van der Waals surface area contributed by atoms with Gasteiger partial charge in [-0.3, -0.25) is 0 Å². The van der Waals surface area contributed by atoms with E-state index < -0.39 is 5.60 Å². The molecule has 2 rings (SSSR count). The maximum Gasteiger partial charge on any atom is 0.410 e. The summed E-state index contributed by atoms with van der Waals surface area (Å²) in [6.45, 7) is 13.7. The predicted octanol–water partition coefficient (Wildman–Crippen LogP) is 3.29. The second-order valence-electron chi connectivity index (χ2n) is 10.6. The van der Waals surface area contributed by atoms with Gasteiger partial charge in [0.25, 0.3) is 0 Å². The molecular weight excluding hydrogens is 550 g/mol. The first-order valence-corrected chi connectivity index (χ1v) is 14.8. The van der Waals surface area contributed by atoms with Gasteiger partial charge in [-0.2, -0.15) is 0 Å². The van der Waals surface area contributed by atoms with Gasteiger partial charge in [-0.25, -0.2) is 4.79 Å². The van der Waals surface area contributed by atoms with Crippen molar-refractivity contribution in [3.8, 4) is 11.5 Å². The zero-order chi connectivity index (χ0) is 30.3. The Kier molecular flexibility index (Phi) is 19.2. The first-order chi connectivity index (χ1) is 20.3. The lowest BCUT2D eigenvalue weighted by Crippen LogP contribution is -2.43. The second-order valence-corrected chi connectivity index (χ2v) is 10.6. The van der Waals surface area contributed by atoms with Gasteiger partial charge in [0.2, 0.25) is 0 Å². The van der Waals surface area contributed by atoms with E-state index in [1.807, 2.05) is 20.8 Å². The molecule has 1 aromatic carbocycles. The molecule has 12 heteroatoms. The van der Waals surface area contributed by atoms with E-state index in [1.54, 1.807) is 29.2 Å². The number of phenols is 1. The van der Waals surface area contributed by atoms with Gasteiger partial charge in [0.05, 0.1) is 92.0 Å². The van der Waals surface area contributed by atoms with Crippen molar-refractivity contribution in [2.75, 3.05) is 106 Å². The topological polar surface area (TPSA) is 124 Å². The van der Waals surface area contributed by atoms with Gasteiger partial charge in [-0.05, 0) is 45.7 Å². The number of benzene rings is 1. The molecule has 0 saturated carbocycles. The predicted molar refractivity (Wildman–Crippen MR) is 155 cm³/mol. The molecule has 1 aliphatic rings. The molecule has 242 valence electrons. The van der Waals surface area contributed by atoms with Crippen molar-refractivity contribution >= 4 is 6.09 Å². The van der Waals surface area contributed by atoms with Crippen LogP contribution in [0.2, 0.25) is 0 Å². The summed E-state index contributed by atoms with van der Waals surface area (Å²) >= 11 is 0. The van der Waals surface area contributed by atoms with Crippen LogP contribution in [0.4, 0.5) is 4.79 Å². The largest absolute Gasteiger partial charge is 0.508 e. The Labute approximate surface area is 250 Å². The second kappa shape index (κ2) is 22.4. The molecule has 0 bridgehead atoms. The molecule has 0 atom stereocenters. The van der Waals surface area contributed by atoms with Crippen molar-refractivity contribution in [2.24, 2.45) is 0 Å². The van der Waals surface area contributed by atoms with Crippen LogP contribution in [0.15, 0.2) is 24.3 Å². The lowest BCUT2D eigenvalue weighted by molar-refractivity contribution is -0.0402. The molecule has 42 heavy (non-hydrogen) atoms. The van der Waals surface area contributed by atoms with E-state index in [2.05, 4.69) is 0 Å². The molecule has 0 aliphatic carbocycles. The third kappa shape index (κ3) is 19.1. The number of nitrogens with zero attached hydrogens (tertiary/aromatic N) is 1. The van der Waals surface area contributed by atoms with Gasteiger partial charge in [0, 0.05) is 19.2 Å². The minimum Gasteiger partial charge on any atom is -0.508 e. The first kappa shape index (κ1) is 36.0. The van der Waals surface area contributed by atoms with Gasteiger partial charge in [-0.1, -0.05) is 6.07 Å². The van der Waals surface area contributed by atoms with E-state index in [-0.39, 0.29) is 17.9 Å². The molecule has 0 unspecified atom stereocenters. The van der Waals surface area contributed by atoms with E-state index in [9.17, 15) is 9.90 Å². The summed E-state index contributed by atoms with van der Waals surface area (Å²) in [5.41, 5.74) is -0.475. The van der Waals surface area contributed by atoms with E-state index in [4.69, 9.17) is 42.6 Å². The number of hydrogen-bond acceptors (Lipinski definition) is 11. The van der Waals surface area contributed by atoms with Crippen molar-refractivity contribution < 1.29 is 52.5 Å². The highest BCUT2D eigenvalue weighted by molar-refractivity contribution is 5.68. The number of phenolic OH excluding ortho intramolecular Hbond substituents is 1. The van der Waals surface area contributed by atoms with Crippen LogP contribution in [0.3, 0.4) is 0 Å². The molecule has 0 aromatic heterocycles. The molecule has 1 aliphatic heterocycles. The van der Waals surface area contributed by atoms with Crippen molar-refractivity contribution in [3.05, 3.63) is 24.3 Å². The molecule has 1 amide bonds. The summed E-state index contributed by atoms with van der Waals surface area (Å²) in [7, 11) is 0. The maximum atomic E-state index is 12.1. The number of amides is 1. The Hall–Kier alpha value is -2.19. The molecule has 1 N–H and O–H groups in total. The van der Waals surface area contributed by atoms with Gasteiger partial charge in [0.15, 0.2) is 0 Å². The fourth-order valence-corrected chi connectivity index (χ4v) is 3.80. The summed E-state index contributed by atoms with van der Waals surface area (Å²) in [4.78, 5) is 13.9. The summed E-state index contributed by atoms with van der Waals surface area (Å²) in [5.74, 6) is 0.784. The Balaban J connectivity index is 1.23. The SMILES string of the molecule is CC(C)(C)OC(=O)N1CCC(OCCOCCOCCOCCOCCOCCOCCOc2cccc(O)c2)CC1. The van der Waals surface area contributed by atoms with Crippen LogP contribution in [0.5, 0.6) is 11.5 Å². The zero-order valence-corrected chi connectivity index (χ0v) is 25.6. The van der Waals surface area contributed by atoms with Gasteiger partial charge < -0.3 is 52.6 Å². The molecule has 12 nitrogen and oxygen atoms in total. The molecular formula is C30H51NO11. The summed E-state index contributed by atoms with van der Waals surface area (Å²) in [6, 6.07) is 6.66. The van der Waals surface area contributed by atoms with E-state index in [1.165, 1.54) is 0 Å². The number of piperidine rings is 1. The number of hydrogen-bond donors (Lipinski definition) is 1. The fourth-order valence-electron chi connectivity index (χ4n) is 3.80. The number of likely N-dealkylation sites (tertiary alicyclic amines) is 1. The number of carbonyl (C=O) groups excluding carboxylic acids is 1. The average molecular weight is 602 g/mol. The van der Waals surface area contributed by atoms with Crippen LogP contribution >= 0.6 is 0 Å². The average Bonchev–Trinajstić information content (AvgIpc) is 2.95. The standard InChI is InChI=1S/C30H51NO11/c1-30(2,3)42-29(33)31-9-7-27(8-10-31)40-23-21-38-19-17-36-15-13-34-11-12-35-14-16-37-18-20-39-22-24-41-28-6-4-5-26(32)25-28/h4-6,25,27,32H,7-24H2,1-3H3. The molecule has 1 saturated heterocycles. The quantitative estimate of drug-likeness (QED) is 0.186. The van der Waals surface area contributed by atoms with Crippen molar-refractivity contribution in [1.29, 1.82) is 0 Å². The zero-order valence-electron chi connectivity index (χ0n) is 25.6. The molecule has 0 spiro atoms. The molecule has 1 fully saturated rings. The van der Waals surface area contributed by atoms with E-state index >= 15 is 0 Å². The number of carbonyl (C=O) groups is 1. The summed E-state index contributed by atoms with van der Waals surface area (Å²) in [5, 5.41) is 9.38. The Morgan fingerprint density at radius 3 is 1.64 bits per heavy atom. The van der Waals surface area contributed by atoms with Crippen LogP contribution < -0.4 is 4.74 Å². The minimum absolute atomic E-state index is 0.145. The third-order valence-electron chi connectivity index (χ3n) is 5.85. The minimum atomic E-state index is -0.475.